The first-order valence-electron chi connectivity index (χ1n) is 6.98. The van der Waals surface area contributed by atoms with Gasteiger partial charge >= 0.3 is 5.97 Å². The first kappa shape index (κ1) is 14.6. The van der Waals surface area contributed by atoms with Gasteiger partial charge in [0.1, 0.15) is 5.75 Å². The third kappa shape index (κ3) is 3.29. The molecular weight excluding hydrogens is 292 g/mol. The van der Waals surface area contributed by atoms with Gasteiger partial charge < -0.3 is 14.8 Å². The number of nitrogens with zero attached hydrogens (tertiary/aromatic N) is 2. The molecule has 1 aromatic heterocycles. The van der Waals surface area contributed by atoms with Crippen molar-refractivity contribution in [1.82, 2.24) is 4.57 Å². The van der Waals surface area contributed by atoms with Gasteiger partial charge in [-0.2, -0.15) is 0 Å². The second-order valence-corrected chi connectivity index (χ2v) is 4.94. The van der Waals surface area contributed by atoms with E-state index in [4.69, 9.17) is 5.11 Å². The van der Waals surface area contributed by atoms with Crippen LogP contribution < -0.4 is 0 Å². The average molecular weight is 306 g/mol. The number of phenols is 1. The lowest BCUT2D eigenvalue weighted by molar-refractivity contribution is 0.0697. The summed E-state index contributed by atoms with van der Waals surface area (Å²) in [4.78, 5) is 15.4. The summed E-state index contributed by atoms with van der Waals surface area (Å²) in [6, 6.07) is 17.1. The second-order valence-electron chi connectivity index (χ2n) is 4.94. The number of rotatable bonds is 4. The molecule has 0 unspecified atom stereocenters. The highest BCUT2D eigenvalue weighted by atomic mass is 16.4. The Kier molecular flexibility index (Phi) is 3.93. The molecule has 0 aliphatic heterocycles. The molecule has 5 nitrogen and oxygen atoms in total. The SMILES string of the molecule is O=C(O)c1cccc(-n2cccc2C=Nc2cccc(O)c2)c1. The fourth-order valence-corrected chi connectivity index (χ4v) is 2.24. The van der Waals surface area contributed by atoms with E-state index in [2.05, 4.69) is 4.99 Å². The van der Waals surface area contributed by atoms with Gasteiger partial charge in [0.25, 0.3) is 0 Å². The van der Waals surface area contributed by atoms with Crippen LogP contribution in [0.4, 0.5) is 5.69 Å². The second kappa shape index (κ2) is 6.19. The van der Waals surface area contributed by atoms with E-state index in [0.29, 0.717) is 5.69 Å². The highest BCUT2D eigenvalue weighted by Gasteiger charge is 2.06. The van der Waals surface area contributed by atoms with Crippen molar-refractivity contribution in [3.05, 3.63) is 78.1 Å². The Morgan fingerprint density at radius 3 is 2.65 bits per heavy atom. The molecule has 0 bridgehead atoms. The number of aromatic nitrogens is 1. The Bertz CT molecular complexity index is 881. The molecule has 3 aromatic rings. The Morgan fingerprint density at radius 2 is 1.87 bits per heavy atom. The first-order chi connectivity index (χ1) is 11.1. The molecule has 1 heterocycles. The Hall–Kier alpha value is -3.34. The van der Waals surface area contributed by atoms with E-state index in [1.807, 2.05) is 29.0 Å². The van der Waals surface area contributed by atoms with E-state index >= 15 is 0 Å². The van der Waals surface area contributed by atoms with Crippen molar-refractivity contribution in [1.29, 1.82) is 0 Å². The summed E-state index contributed by atoms with van der Waals surface area (Å²) in [5.74, 6) is -0.807. The van der Waals surface area contributed by atoms with Crippen LogP contribution in [0.5, 0.6) is 5.75 Å². The molecule has 5 heteroatoms. The zero-order valence-electron chi connectivity index (χ0n) is 12.1. The van der Waals surface area contributed by atoms with Crippen molar-refractivity contribution in [3.63, 3.8) is 0 Å². The molecule has 0 aliphatic carbocycles. The van der Waals surface area contributed by atoms with Gasteiger partial charge in [-0.3, -0.25) is 4.99 Å². The van der Waals surface area contributed by atoms with Gasteiger partial charge in [-0.05, 0) is 42.5 Å². The maximum absolute atomic E-state index is 11.1. The van der Waals surface area contributed by atoms with E-state index in [1.54, 1.807) is 48.7 Å². The van der Waals surface area contributed by atoms with E-state index in [1.165, 1.54) is 0 Å². The van der Waals surface area contributed by atoms with Crippen molar-refractivity contribution in [2.75, 3.05) is 0 Å². The number of hydrogen-bond acceptors (Lipinski definition) is 3. The zero-order valence-corrected chi connectivity index (χ0v) is 12.1. The molecule has 2 aromatic carbocycles. The van der Waals surface area contributed by atoms with Crippen LogP contribution in [0.3, 0.4) is 0 Å². The predicted molar refractivity (Wildman–Crippen MR) is 88.1 cm³/mol. The van der Waals surface area contributed by atoms with Crippen molar-refractivity contribution in [2.24, 2.45) is 4.99 Å². The van der Waals surface area contributed by atoms with E-state index in [-0.39, 0.29) is 11.3 Å². The van der Waals surface area contributed by atoms with Gasteiger partial charge in [-0.25, -0.2) is 4.79 Å². The average Bonchev–Trinajstić information content (AvgIpc) is 3.01. The van der Waals surface area contributed by atoms with Crippen LogP contribution in [0.25, 0.3) is 5.69 Å². The minimum atomic E-state index is -0.964. The third-order valence-corrected chi connectivity index (χ3v) is 3.33. The van der Waals surface area contributed by atoms with Crippen LogP contribution in [0.1, 0.15) is 16.1 Å². The summed E-state index contributed by atoms with van der Waals surface area (Å²) in [6.45, 7) is 0. The molecule has 0 atom stereocenters. The lowest BCUT2D eigenvalue weighted by atomic mass is 10.2. The maximum atomic E-state index is 11.1. The number of carboxylic acid groups (broad SMARTS) is 1. The van der Waals surface area contributed by atoms with E-state index in [0.717, 1.165) is 11.4 Å². The normalized spacial score (nSPS) is 11.0. The number of benzene rings is 2. The molecule has 0 amide bonds. The summed E-state index contributed by atoms with van der Waals surface area (Å²) >= 11 is 0. The summed E-state index contributed by atoms with van der Waals surface area (Å²) in [7, 11) is 0. The Morgan fingerprint density at radius 1 is 1.04 bits per heavy atom. The largest absolute Gasteiger partial charge is 0.508 e. The van der Waals surface area contributed by atoms with Crippen molar-refractivity contribution >= 4 is 17.9 Å². The van der Waals surface area contributed by atoms with Gasteiger partial charge in [0, 0.05) is 18.0 Å². The molecular formula is C18H14N2O3. The van der Waals surface area contributed by atoms with E-state index in [9.17, 15) is 9.90 Å². The van der Waals surface area contributed by atoms with E-state index < -0.39 is 5.97 Å². The summed E-state index contributed by atoms with van der Waals surface area (Å²) in [6.07, 6.45) is 3.51. The van der Waals surface area contributed by atoms with Gasteiger partial charge in [-0.1, -0.05) is 12.1 Å². The number of hydrogen-bond donors (Lipinski definition) is 2. The monoisotopic (exact) mass is 306 g/mol. The molecule has 23 heavy (non-hydrogen) atoms. The number of carbonyl (C=O) groups is 1. The Labute approximate surface area is 132 Å². The molecule has 2 N–H and O–H groups in total. The first-order valence-corrected chi connectivity index (χ1v) is 6.98. The minimum Gasteiger partial charge on any atom is -0.508 e. The molecule has 0 spiro atoms. The van der Waals surface area contributed by atoms with Crippen molar-refractivity contribution in [3.8, 4) is 11.4 Å². The number of aromatic carboxylic acids is 1. The summed E-state index contributed by atoms with van der Waals surface area (Å²) in [5.41, 5.74) is 2.41. The van der Waals surface area contributed by atoms with Crippen LogP contribution in [0, 0.1) is 0 Å². The smallest absolute Gasteiger partial charge is 0.335 e. The molecule has 0 aliphatic rings. The molecule has 114 valence electrons. The standard InChI is InChI=1S/C18H14N2O3/c21-17-8-2-5-14(11-17)19-12-16-7-3-9-20(16)15-6-1-4-13(10-15)18(22)23/h1-12,21H,(H,22,23). The molecule has 3 rings (SSSR count). The van der Waals surface area contributed by atoms with Gasteiger partial charge in [-0.15, -0.1) is 0 Å². The number of carboxylic acids is 1. The van der Waals surface area contributed by atoms with Gasteiger partial charge in [0.2, 0.25) is 0 Å². The fraction of sp³-hybridized carbons (Fsp3) is 0. The molecule has 0 saturated heterocycles. The minimum absolute atomic E-state index is 0.157. The van der Waals surface area contributed by atoms with Gasteiger partial charge in [0.15, 0.2) is 0 Å². The van der Waals surface area contributed by atoms with Crippen LogP contribution in [-0.2, 0) is 0 Å². The maximum Gasteiger partial charge on any atom is 0.335 e. The topological polar surface area (TPSA) is 74.8 Å². The molecule has 0 saturated carbocycles. The predicted octanol–water partition coefficient (Wildman–Crippen LogP) is 3.63. The summed E-state index contributed by atoms with van der Waals surface area (Å²) < 4.78 is 1.85. The lowest BCUT2D eigenvalue weighted by Crippen LogP contribution is -2.01. The quantitative estimate of drug-likeness (QED) is 0.723. The van der Waals surface area contributed by atoms with Crippen LogP contribution in [-0.4, -0.2) is 27.0 Å². The molecule has 0 radical (unpaired) electrons. The van der Waals surface area contributed by atoms with Crippen LogP contribution in [0.2, 0.25) is 0 Å². The summed E-state index contributed by atoms with van der Waals surface area (Å²) in [5, 5.41) is 18.5. The fourth-order valence-electron chi connectivity index (χ4n) is 2.24. The van der Waals surface area contributed by atoms with Crippen LogP contribution in [0.15, 0.2) is 71.9 Å². The number of aromatic hydroxyl groups is 1. The highest BCUT2D eigenvalue weighted by molar-refractivity contribution is 5.88. The third-order valence-electron chi connectivity index (χ3n) is 3.33. The highest BCUT2D eigenvalue weighted by Crippen LogP contribution is 2.19. The van der Waals surface area contributed by atoms with Crippen molar-refractivity contribution in [2.45, 2.75) is 0 Å². The number of aliphatic imine (C=N–C) groups is 1. The molecule has 0 fully saturated rings. The van der Waals surface area contributed by atoms with Crippen molar-refractivity contribution < 1.29 is 15.0 Å². The van der Waals surface area contributed by atoms with Crippen LogP contribution >= 0.6 is 0 Å². The zero-order chi connectivity index (χ0) is 16.2. The lowest BCUT2D eigenvalue weighted by Gasteiger charge is -2.07. The van der Waals surface area contributed by atoms with Gasteiger partial charge in [0.05, 0.1) is 23.2 Å². The Balaban J connectivity index is 1.94. The number of phenolic OH excluding ortho intramolecular Hbond substituents is 1.